The fourth-order valence-electron chi connectivity index (χ4n) is 2.03. The van der Waals surface area contributed by atoms with E-state index in [1.54, 1.807) is 11.8 Å². The third-order valence-electron chi connectivity index (χ3n) is 3.16. The van der Waals surface area contributed by atoms with Crippen molar-refractivity contribution in [2.45, 2.75) is 19.2 Å². The van der Waals surface area contributed by atoms with Crippen LogP contribution in [0.2, 0.25) is 0 Å². The van der Waals surface area contributed by atoms with Gasteiger partial charge >= 0.3 is 0 Å². The summed E-state index contributed by atoms with van der Waals surface area (Å²) in [5.41, 5.74) is 2.22. The highest BCUT2D eigenvalue weighted by Crippen LogP contribution is 2.18. The van der Waals surface area contributed by atoms with Gasteiger partial charge in [-0.2, -0.15) is 0 Å². The number of benzene rings is 2. The van der Waals surface area contributed by atoms with Crippen LogP contribution in [0.3, 0.4) is 0 Å². The molecule has 0 saturated heterocycles. The normalized spacial score (nSPS) is 10.3. The summed E-state index contributed by atoms with van der Waals surface area (Å²) in [6.07, 6.45) is 0. The molecule has 3 nitrogen and oxygen atoms in total. The SMILES string of the molecule is CCOc1ccccc1CNC(=O)CSCc1ccc(Br)cc1. The summed E-state index contributed by atoms with van der Waals surface area (Å²) in [5, 5.41) is 2.95. The van der Waals surface area contributed by atoms with E-state index in [0.29, 0.717) is 18.9 Å². The van der Waals surface area contributed by atoms with Gasteiger partial charge in [0.2, 0.25) is 5.91 Å². The highest BCUT2D eigenvalue weighted by atomic mass is 79.9. The molecule has 1 amide bonds. The number of carbonyl (C=O) groups excluding carboxylic acids is 1. The highest BCUT2D eigenvalue weighted by Gasteiger charge is 2.06. The summed E-state index contributed by atoms with van der Waals surface area (Å²) in [7, 11) is 0. The van der Waals surface area contributed by atoms with Crippen LogP contribution in [0, 0.1) is 0 Å². The number of hydrogen-bond donors (Lipinski definition) is 1. The second-order valence-electron chi connectivity index (χ2n) is 4.94. The van der Waals surface area contributed by atoms with Gasteiger partial charge in [-0.25, -0.2) is 0 Å². The van der Waals surface area contributed by atoms with Gasteiger partial charge in [-0.1, -0.05) is 46.3 Å². The Bertz CT molecular complexity index is 631. The molecule has 0 aliphatic heterocycles. The van der Waals surface area contributed by atoms with Crippen LogP contribution in [0.1, 0.15) is 18.1 Å². The Balaban J connectivity index is 1.74. The topological polar surface area (TPSA) is 38.3 Å². The molecule has 1 N–H and O–H groups in total. The lowest BCUT2D eigenvalue weighted by Gasteiger charge is -2.11. The summed E-state index contributed by atoms with van der Waals surface area (Å²) in [5.74, 6) is 2.15. The summed E-state index contributed by atoms with van der Waals surface area (Å²) >= 11 is 5.03. The van der Waals surface area contributed by atoms with E-state index in [2.05, 4.69) is 33.4 Å². The molecule has 0 radical (unpaired) electrons. The molecule has 0 aliphatic carbocycles. The van der Waals surface area contributed by atoms with Crippen molar-refractivity contribution in [1.82, 2.24) is 5.32 Å². The predicted molar refractivity (Wildman–Crippen MR) is 99.8 cm³/mol. The van der Waals surface area contributed by atoms with Crippen molar-refractivity contribution in [3.05, 3.63) is 64.1 Å². The molecule has 0 bridgehead atoms. The standard InChI is InChI=1S/C18H20BrNO2S/c1-2-22-17-6-4-3-5-15(17)11-20-18(21)13-23-12-14-7-9-16(19)10-8-14/h3-10H,2,11-13H2,1H3,(H,20,21). The maximum absolute atomic E-state index is 11.9. The van der Waals surface area contributed by atoms with Gasteiger partial charge in [0.1, 0.15) is 5.75 Å². The minimum absolute atomic E-state index is 0.0402. The van der Waals surface area contributed by atoms with Gasteiger partial charge in [-0.15, -0.1) is 11.8 Å². The van der Waals surface area contributed by atoms with Crippen LogP contribution >= 0.6 is 27.7 Å². The number of ether oxygens (including phenoxy) is 1. The number of para-hydroxylation sites is 1. The van der Waals surface area contributed by atoms with E-state index in [1.807, 2.05) is 43.3 Å². The van der Waals surface area contributed by atoms with Crippen molar-refractivity contribution in [3.8, 4) is 5.75 Å². The number of thioether (sulfide) groups is 1. The molecular formula is C18H20BrNO2S. The number of rotatable bonds is 8. The van der Waals surface area contributed by atoms with E-state index in [4.69, 9.17) is 4.74 Å². The molecule has 0 heterocycles. The van der Waals surface area contributed by atoms with Crippen LogP contribution in [-0.4, -0.2) is 18.3 Å². The molecular weight excluding hydrogens is 374 g/mol. The van der Waals surface area contributed by atoms with Gasteiger partial charge in [0.05, 0.1) is 12.4 Å². The Kier molecular flexibility index (Phi) is 7.49. The fourth-order valence-corrected chi connectivity index (χ4v) is 3.12. The van der Waals surface area contributed by atoms with Crippen molar-refractivity contribution in [2.24, 2.45) is 0 Å². The number of nitrogens with one attached hydrogen (secondary N) is 1. The first-order valence-corrected chi connectivity index (χ1v) is 9.43. The zero-order valence-corrected chi connectivity index (χ0v) is 15.5. The lowest BCUT2D eigenvalue weighted by molar-refractivity contribution is -0.118. The van der Waals surface area contributed by atoms with Gasteiger partial charge in [0.25, 0.3) is 0 Å². The lowest BCUT2D eigenvalue weighted by atomic mass is 10.2. The van der Waals surface area contributed by atoms with E-state index in [9.17, 15) is 4.79 Å². The zero-order valence-electron chi connectivity index (χ0n) is 13.0. The molecule has 0 saturated carbocycles. The van der Waals surface area contributed by atoms with Crippen LogP contribution < -0.4 is 10.1 Å². The monoisotopic (exact) mass is 393 g/mol. The lowest BCUT2D eigenvalue weighted by Crippen LogP contribution is -2.24. The molecule has 122 valence electrons. The molecule has 5 heteroatoms. The number of halogens is 1. The van der Waals surface area contributed by atoms with Crippen LogP contribution in [0.15, 0.2) is 53.0 Å². The minimum Gasteiger partial charge on any atom is -0.494 e. The van der Waals surface area contributed by atoms with E-state index < -0.39 is 0 Å². The Morgan fingerprint density at radius 1 is 1.17 bits per heavy atom. The van der Waals surface area contributed by atoms with Crippen LogP contribution in [0.5, 0.6) is 5.75 Å². The minimum atomic E-state index is 0.0402. The number of hydrogen-bond acceptors (Lipinski definition) is 3. The third-order valence-corrected chi connectivity index (χ3v) is 4.70. The first-order chi connectivity index (χ1) is 11.2. The first kappa shape index (κ1) is 17.9. The third kappa shape index (κ3) is 6.28. The summed E-state index contributed by atoms with van der Waals surface area (Å²) < 4.78 is 6.62. The van der Waals surface area contributed by atoms with E-state index in [-0.39, 0.29) is 5.91 Å². The molecule has 0 spiro atoms. The zero-order chi connectivity index (χ0) is 16.5. The fraction of sp³-hybridized carbons (Fsp3) is 0.278. The molecule has 0 aliphatic rings. The Morgan fingerprint density at radius 3 is 2.65 bits per heavy atom. The molecule has 2 aromatic carbocycles. The van der Waals surface area contributed by atoms with E-state index in [1.165, 1.54) is 5.56 Å². The Hall–Kier alpha value is -1.46. The van der Waals surface area contributed by atoms with Crippen molar-refractivity contribution in [1.29, 1.82) is 0 Å². The molecule has 0 aromatic heterocycles. The highest BCUT2D eigenvalue weighted by molar-refractivity contribution is 9.10. The molecule has 2 aromatic rings. The van der Waals surface area contributed by atoms with Crippen molar-refractivity contribution in [3.63, 3.8) is 0 Å². The average molecular weight is 394 g/mol. The average Bonchev–Trinajstić information content (AvgIpc) is 2.56. The molecule has 0 fully saturated rings. The maximum atomic E-state index is 11.9. The predicted octanol–water partition coefficient (Wildman–Crippen LogP) is 4.40. The van der Waals surface area contributed by atoms with Gasteiger partial charge in [-0.05, 0) is 30.7 Å². The second kappa shape index (κ2) is 9.63. The summed E-state index contributed by atoms with van der Waals surface area (Å²) in [6, 6.07) is 15.9. The first-order valence-electron chi connectivity index (χ1n) is 7.48. The molecule has 2 rings (SSSR count). The van der Waals surface area contributed by atoms with Crippen molar-refractivity contribution in [2.75, 3.05) is 12.4 Å². The van der Waals surface area contributed by atoms with Gasteiger partial charge in [-0.3, -0.25) is 4.79 Å². The van der Waals surface area contributed by atoms with Crippen molar-refractivity contribution < 1.29 is 9.53 Å². The molecule has 23 heavy (non-hydrogen) atoms. The summed E-state index contributed by atoms with van der Waals surface area (Å²) in [6.45, 7) is 3.07. The Morgan fingerprint density at radius 2 is 1.91 bits per heavy atom. The second-order valence-corrected chi connectivity index (χ2v) is 6.84. The van der Waals surface area contributed by atoms with Crippen molar-refractivity contribution >= 4 is 33.6 Å². The number of carbonyl (C=O) groups is 1. The van der Waals surface area contributed by atoms with Crippen LogP contribution in [0.4, 0.5) is 0 Å². The largest absolute Gasteiger partial charge is 0.494 e. The van der Waals surface area contributed by atoms with Gasteiger partial charge in [0, 0.05) is 22.3 Å². The number of amides is 1. The van der Waals surface area contributed by atoms with Crippen LogP contribution in [0.25, 0.3) is 0 Å². The quantitative estimate of drug-likeness (QED) is 0.722. The maximum Gasteiger partial charge on any atom is 0.230 e. The molecule has 0 unspecified atom stereocenters. The van der Waals surface area contributed by atoms with E-state index in [0.717, 1.165) is 21.5 Å². The summed E-state index contributed by atoms with van der Waals surface area (Å²) in [4.78, 5) is 11.9. The van der Waals surface area contributed by atoms with Gasteiger partial charge < -0.3 is 10.1 Å². The van der Waals surface area contributed by atoms with Crippen LogP contribution in [-0.2, 0) is 17.1 Å². The smallest absolute Gasteiger partial charge is 0.230 e. The Labute approximate surface area is 149 Å². The molecule has 0 atom stereocenters. The van der Waals surface area contributed by atoms with Gasteiger partial charge in [0.15, 0.2) is 0 Å². The van der Waals surface area contributed by atoms with E-state index >= 15 is 0 Å².